The lowest BCUT2D eigenvalue weighted by Gasteiger charge is -2.45. The van der Waals surface area contributed by atoms with Crippen LogP contribution in [0.25, 0.3) is 0 Å². The fourth-order valence-electron chi connectivity index (χ4n) is 2.03. The minimum absolute atomic E-state index is 0.0227. The average Bonchev–Trinajstić information content (AvgIpc) is 2.28. The summed E-state index contributed by atoms with van der Waals surface area (Å²) in [6, 6.07) is -0.436. The van der Waals surface area contributed by atoms with Crippen molar-refractivity contribution in [1.82, 2.24) is 9.80 Å². The summed E-state index contributed by atoms with van der Waals surface area (Å²) in [5, 5.41) is 0. The van der Waals surface area contributed by atoms with E-state index in [4.69, 9.17) is 10.5 Å². The van der Waals surface area contributed by atoms with Gasteiger partial charge in [0.1, 0.15) is 0 Å². The number of hydrogen-bond donors (Lipinski definition) is 1. The van der Waals surface area contributed by atoms with Crippen molar-refractivity contribution in [2.24, 2.45) is 5.73 Å². The third-order valence-electron chi connectivity index (χ3n) is 3.58. The number of ether oxygens (including phenoxy) is 1. The van der Waals surface area contributed by atoms with Crippen LogP contribution in [-0.2, 0) is 9.53 Å². The molecule has 100 valence electrons. The van der Waals surface area contributed by atoms with Crippen LogP contribution < -0.4 is 5.73 Å². The second-order valence-electron chi connectivity index (χ2n) is 5.38. The maximum atomic E-state index is 12.1. The molecule has 0 aromatic carbocycles. The molecule has 1 atom stereocenters. The number of likely N-dealkylation sites (N-methyl/N-ethyl adjacent to an activating group) is 1. The number of nitrogens with two attached hydrogens (primary N) is 1. The molecule has 0 radical (unpaired) electrons. The summed E-state index contributed by atoms with van der Waals surface area (Å²) in [6.45, 7) is 7.22. The van der Waals surface area contributed by atoms with Crippen LogP contribution in [0.2, 0.25) is 0 Å². The van der Waals surface area contributed by atoms with Gasteiger partial charge in [-0.05, 0) is 27.3 Å². The van der Waals surface area contributed by atoms with Gasteiger partial charge in [0.05, 0.1) is 6.04 Å². The molecule has 17 heavy (non-hydrogen) atoms. The van der Waals surface area contributed by atoms with E-state index in [1.54, 1.807) is 7.11 Å². The van der Waals surface area contributed by atoms with Crippen molar-refractivity contribution in [3.8, 4) is 0 Å². The van der Waals surface area contributed by atoms with E-state index in [9.17, 15) is 4.79 Å². The monoisotopic (exact) mass is 243 g/mol. The topological polar surface area (TPSA) is 58.8 Å². The van der Waals surface area contributed by atoms with E-state index in [1.807, 2.05) is 4.90 Å². The van der Waals surface area contributed by atoms with Crippen molar-refractivity contribution >= 4 is 5.91 Å². The number of nitrogens with zero attached hydrogens (tertiary/aromatic N) is 2. The molecule has 0 saturated carbocycles. The predicted octanol–water partition coefficient (Wildman–Crippen LogP) is -0.0972. The molecule has 5 heteroatoms. The Morgan fingerprint density at radius 1 is 1.47 bits per heavy atom. The maximum Gasteiger partial charge on any atom is 0.239 e. The second-order valence-corrected chi connectivity index (χ2v) is 5.38. The average molecular weight is 243 g/mol. The van der Waals surface area contributed by atoms with Gasteiger partial charge in [0, 0.05) is 38.9 Å². The Bertz CT molecular complexity index is 268. The highest BCUT2D eigenvalue weighted by molar-refractivity contribution is 5.81. The Morgan fingerprint density at radius 2 is 2.12 bits per heavy atom. The molecule has 1 fully saturated rings. The molecule has 1 rings (SSSR count). The molecule has 0 aromatic rings. The van der Waals surface area contributed by atoms with Gasteiger partial charge in [0.2, 0.25) is 5.91 Å². The molecule has 1 amide bonds. The highest BCUT2D eigenvalue weighted by Crippen LogP contribution is 2.19. The standard InChI is InChI=1S/C12H25N3O2/c1-12(2)9-15(7-6-14(12)3)11(16)10(13)5-8-17-4/h10H,5-9,13H2,1-4H3. The second kappa shape index (κ2) is 5.80. The number of amides is 1. The molecule has 2 N–H and O–H groups in total. The van der Waals surface area contributed by atoms with Crippen molar-refractivity contribution in [3.63, 3.8) is 0 Å². The summed E-state index contributed by atoms with van der Waals surface area (Å²) < 4.78 is 4.95. The molecule has 1 aliphatic heterocycles. The SMILES string of the molecule is COCCC(N)C(=O)N1CCN(C)C(C)(C)C1. The van der Waals surface area contributed by atoms with E-state index in [-0.39, 0.29) is 11.4 Å². The van der Waals surface area contributed by atoms with Gasteiger partial charge in [-0.25, -0.2) is 0 Å². The maximum absolute atomic E-state index is 12.1. The van der Waals surface area contributed by atoms with Crippen LogP contribution in [0.3, 0.4) is 0 Å². The van der Waals surface area contributed by atoms with Gasteiger partial charge in [-0.1, -0.05) is 0 Å². The van der Waals surface area contributed by atoms with Crippen LogP contribution in [-0.4, -0.2) is 67.7 Å². The molecule has 1 unspecified atom stereocenters. The van der Waals surface area contributed by atoms with Gasteiger partial charge in [0.25, 0.3) is 0 Å². The van der Waals surface area contributed by atoms with E-state index in [0.29, 0.717) is 13.0 Å². The quantitative estimate of drug-likeness (QED) is 0.749. The summed E-state index contributed by atoms with van der Waals surface area (Å²) >= 11 is 0. The van der Waals surface area contributed by atoms with Crippen LogP contribution in [0.15, 0.2) is 0 Å². The highest BCUT2D eigenvalue weighted by Gasteiger charge is 2.34. The van der Waals surface area contributed by atoms with E-state index in [2.05, 4.69) is 25.8 Å². The molecule has 1 saturated heterocycles. The van der Waals surface area contributed by atoms with Gasteiger partial charge in [-0.2, -0.15) is 0 Å². The van der Waals surface area contributed by atoms with Crippen molar-refractivity contribution in [2.75, 3.05) is 40.4 Å². The number of carbonyl (C=O) groups is 1. The zero-order chi connectivity index (χ0) is 13.1. The first-order valence-corrected chi connectivity index (χ1v) is 6.13. The summed E-state index contributed by atoms with van der Waals surface area (Å²) in [6.07, 6.45) is 0.585. The fraction of sp³-hybridized carbons (Fsp3) is 0.917. The summed E-state index contributed by atoms with van der Waals surface area (Å²) in [4.78, 5) is 16.3. The predicted molar refractivity (Wildman–Crippen MR) is 67.8 cm³/mol. The minimum atomic E-state index is -0.436. The smallest absolute Gasteiger partial charge is 0.239 e. The van der Waals surface area contributed by atoms with Gasteiger partial charge in [0.15, 0.2) is 0 Å². The Kier molecular flexibility index (Phi) is 4.91. The van der Waals surface area contributed by atoms with Crippen molar-refractivity contribution < 1.29 is 9.53 Å². The first-order chi connectivity index (χ1) is 7.88. The minimum Gasteiger partial charge on any atom is -0.385 e. The van der Waals surface area contributed by atoms with Crippen molar-refractivity contribution in [3.05, 3.63) is 0 Å². The van der Waals surface area contributed by atoms with Gasteiger partial charge in [-0.15, -0.1) is 0 Å². The fourth-order valence-corrected chi connectivity index (χ4v) is 2.03. The zero-order valence-electron chi connectivity index (χ0n) is 11.4. The Morgan fingerprint density at radius 3 is 2.65 bits per heavy atom. The molecule has 0 bridgehead atoms. The number of hydrogen-bond acceptors (Lipinski definition) is 4. The molecule has 5 nitrogen and oxygen atoms in total. The number of piperazine rings is 1. The van der Waals surface area contributed by atoms with Crippen LogP contribution in [0, 0.1) is 0 Å². The number of rotatable bonds is 4. The lowest BCUT2D eigenvalue weighted by molar-refractivity contribution is -0.137. The molecule has 1 aliphatic rings. The molecule has 0 aliphatic carbocycles. The Balaban J connectivity index is 2.53. The normalized spacial score (nSPS) is 22.5. The van der Waals surface area contributed by atoms with Crippen molar-refractivity contribution in [1.29, 1.82) is 0 Å². The van der Waals surface area contributed by atoms with E-state index >= 15 is 0 Å². The largest absolute Gasteiger partial charge is 0.385 e. The summed E-state index contributed by atoms with van der Waals surface area (Å²) in [7, 11) is 3.71. The van der Waals surface area contributed by atoms with Crippen LogP contribution in [0.5, 0.6) is 0 Å². The number of methoxy groups -OCH3 is 1. The molecular formula is C12H25N3O2. The molecule has 0 spiro atoms. The number of carbonyl (C=O) groups excluding carboxylic acids is 1. The van der Waals surface area contributed by atoms with E-state index < -0.39 is 6.04 Å². The Hall–Kier alpha value is -0.650. The zero-order valence-corrected chi connectivity index (χ0v) is 11.4. The van der Waals surface area contributed by atoms with E-state index in [1.165, 1.54) is 0 Å². The van der Waals surface area contributed by atoms with E-state index in [0.717, 1.165) is 19.6 Å². The van der Waals surface area contributed by atoms with Crippen LogP contribution in [0.1, 0.15) is 20.3 Å². The van der Waals surface area contributed by atoms with Gasteiger partial charge in [-0.3, -0.25) is 9.69 Å². The summed E-state index contributed by atoms with van der Waals surface area (Å²) in [5.74, 6) is 0.0447. The van der Waals surface area contributed by atoms with Crippen molar-refractivity contribution in [2.45, 2.75) is 31.8 Å². The first-order valence-electron chi connectivity index (χ1n) is 6.13. The lowest BCUT2D eigenvalue weighted by Crippen LogP contribution is -2.61. The Labute approximate surface area is 104 Å². The first kappa shape index (κ1) is 14.4. The van der Waals surface area contributed by atoms with Gasteiger partial charge >= 0.3 is 0 Å². The summed E-state index contributed by atoms with van der Waals surface area (Å²) in [5.41, 5.74) is 5.90. The molecule has 0 aromatic heterocycles. The van der Waals surface area contributed by atoms with Crippen LogP contribution >= 0.6 is 0 Å². The third-order valence-corrected chi connectivity index (χ3v) is 3.58. The third kappa shape index (κ3) is 3.66. The molecular weight excluding hydrogens is 218 g/mol. The highest BCUT2D eigenvalue weighted by atomic mass is 16.5. The van der Waals surface area contributed by atoms with Gasteiger partial charge < -0.3 is 15.4 Å². The van der Waals surface area contributed by atoms with Crippen LogP contribution in [0.4, 0.5) is 0 Å². The molecule has 1 heterocycles. The lowest BCUT2D eigenvalue weighted by atomic mass is 9.99.